The first-order chi connectivity index (χ1) is 10.8. The number of nitrogens with one attached hydrogen (secondary N) is 1. The number of benzene rings is 1. The van der Waals surface area contributed by atoms with Crippen LogP contribution in [0.1, 0.15) is 47.1 Å². The summed E-state index contributed by atoms with van der Waals surface area (Å²) in [5.41, 5.74) is 0.695. The van der Waals surface area contributed by atoms with Crippen molar-refractivity contribution >= 4 is 14.4 Å². The van der Waals surface area contributed by atoms with Crippen molar-refractivity contribution in [2.75, 3.05) is 6.54 Å². The predicted octanol–water partition coefficient (Wildman–Crippen LogP) is 5.14. The third-order valence-electron chi connectivity index (χ3n) is 4.18. The van der Waals surface area contributed by atoms with E-state index in [0.29, 0.717) is 6.54 Å². The van der Waals surface area contributed by atoms with Gasteiger partial charge in [-0.3, -0.25) is 0 Å². The summed E-state index contributed by atoms with van der Waals surface area (Å²) in [7, 11) is -1.80. The molecule has 1 aromatic rings. The summed E-state index contributed by atoms with van der Waals surface area (Å²) in [6.45, 7) is 17.3. The first-order valence-corrected chi connectivity index (χ1v) is 11.5. The highest BCUT2D eigenvalue weighted by molar-refractivity contribution is 6.74. The van der Waals surface area contributed by atoms with E-state index >= 15 is 0 Å². The Kier molecular flexibility index (Phi) is 6.50. The highest BCUT2D eigenvalue weighted by Gasteiger charge is 2.38. The maximum Gasteiger partial charge on any atom is 0.407 e. The Morgan fingerprint density at radius 2 is 1.58 bits per heavy atom. The minimum atomic E-state index is -1.80. The lowest BCUT2D eigenvalue weighted by Gasteiger charge is -2.36. The van der Waals surface area contributed by atoms with Crippen LogP contribution in [-0.2, 0) is 11.2 Å². The summed E-state index contributed by atoms with van der Waals surface area (Å²) < 4.78 is 11.5. The van der Waals surface area contributed by atoms with Crippen molar-refractivity contribution in [3.8, 4) is 5.75 Å². The molecule has 0 heterocycles. The first kappa shape index (κ1) is 20.6. The molecule has 0 saturated heterocycles. The van der Waals surface area contributed by atoms with Gasteiger partial charge in [-0.1, -0.05) is 32.9 Å². The Hall–Kier alpha value is -1.49. The molecule has 0 fully saturated rings. The normalized spacial score (nSPS) is 12.7. The fourth-order valence-corrected chi connectivity index (χ4v) is 2.83. The van der Waals surface area contributed by atoms with Crippen molar-refractivity contribution in [3.05, 3.63) is 29.8 Å². The van der Waals surface area contributed by atoms with Gasteiger partial charge in [0.2, 0.25) is 8.32 Å². The van der Waals surface area contributed by atoms with Gasteiger partial charge in [0.25, 0.3) is 0 Å². The topological polar surface area (TPSA) is 47.6 Å². The van der Waals surface area contributed by atoms with Crippen LogP contribution in [0.15, 0.2) is 24.3 Å². The van der Waals surface area contributed by atoms with Gasteiger partial charge in [-0.05, 0) is 63.0 Å². The van der Waals surface area contributed by atoms with E-state index in [1.807, 2.05) is 32.9 Å². The summed E-state index contributed by atoms with van der Waals surface area (Å²) in [5.74, 6) is 0.922. The molecule has 0 aromatic heterocycles. The van der Waals surface area contributed by atoms with Crippen LogP contribution >= 0.6 is 0 Å². The van der Waals surface area contributed by atoms with E-state index in [1.54, 1.807) is 0 Å². The van der Waals surface area contributed by atoms with Crippen LogP contribution in [0.4, 0.5) is 4.79 Å². The van der Waals surface area contributed by atoms with Crippen LogP contribution < -0.4 is 9.74 Å². The number of hydrogen-bond donors (Lipinski definition) is 1. The molecule has 4 nitrogen and oxygen atoms in total. The zero-order valence-corrected chi connectivity index (χ0v) is 17.4. The highest BCUT2D eigenvalue weighted by Crippen LogP contribution is 2.37. The van der Waals surface area contributed by atoms with Crippen LogP contribution in [0.2, 0.25) is 18.1 Å². The van der Waals surface area contributed by atoms with Gasteiger partial charge in [-0.25, -0.2) is 4.79 Å². The van der Waals surface area contributed by atoms with E-state index < -0.39 is 13.9 Å². The molecule has 1 amide bonds. The third-order valence-corrected chi connectivity index (χ3v) is 8.54. The van der Waals surface area contributed by atoms with Crippen LogP contribution in [0.5, 0.6) is 5.75 Å². The second-order valence-corrected chi connectivity index (χ2v) is 13.4. The average molecular weight is 352 g/mol. The lowest BCUT2D eigenvalue weighted by molar-refractivity contribution is 0.0528. The molecule has 0 atom stereocenters. The predicted molar refractivity (Wildman–Crippen MR) is 102 cm³/mol. The van der Waals surface area contributed by atoms with Gasteiger partial charge < -0.3 is 14.5 Å². The van der Waals surface area contributed by atoms with Gasteiger partial charge in [0.1, 0.15) is 11.4 Å². The molecule has 24 heavy (non-hydrogen) atoms. The quantitative estimate of drug-likeness (QED) is 0.747. The fraction of sp³-hybridized carbons (Fsp3) is 0.632. The lowest BCUT2D eigenvalue weighted by atomic mass is 10.1. The molecule has 1 aromatic carbocycles. The molecule has 0 radical (unpaired) electrons. The standard InChI is InChI=1S/C19H33NO3Si/c1-18(2,3)22-17(21)20-14-13-15-9-11-16(12-10-15)23-24(7,8)19(4,5)6/h9-12H,13-14H2,1-8H3,(H,20,21). The van der Waals surface area contributed by atoms with Crippen molar-refractivity contribution in [1.82, 2.24) is 5.32 Å². The zero-order chi connectivity index (χ0) is 18.6. The van der Waals surface area contributed by atoms with Gasteiger partial charge in [-0.15, -0.1) is 0 Å². The Morgan fingerprint density at radius 3 is 2.04 bits per heavy atom. The van der Waals surface area contributed by atoms with Crippen molar-refractivity contribution in [3.63, 3.8) is 0 Å². The molecular weight excluding hydrogens is 318 g/mol. The maximum absolute atomic E-state index is 11.6. The molecular formula is C19H33NO3Si. The van der Waals surface area contributed by atoms with E-state index in [0.717, 1.165) is 17.7 Å². The van der Waals surface area contributed by atoms with Gasteiger partial charge in [-0.2, -0.15) is 0 Å². The lowest BCUT2D eigenvalue weighted by Crippen LogP contribution is -2.43. The molecule has 0 aliphatic heterocycles. The molecule has 0 saturated carbocycles. The van der Waals surface area contributed by atoms with Crippen LogP contribution in [-0.4, -0.2) is 26.6 Å². The number of alkyl carbamates (subject to hydrolysis) is 1. The molecule has 0 aliphatic carbocycles. The Balaban J connectivity index is 2.50. The van der Waals surface area contributed by atoms with E-state index in [2.05, 4.69) is 51.3 Å². The third kappa shape index (κ3) is 6.95. The minimum Gasteiger partial charge on any atom is -0.544 e. The summed E-state index contributed by atoms with van der Waals surface area (Å²) in [6, 6.07) is 8.14. The monoisotopic (exact) mass is 351 g/mol. The smallest absolute Gasteiger partial charge is 0.407 e. The zero-order valence-electron chi connectivity index (χ0n) is 16.4. The van der Waals surface area contributed by atoms with Crippen LogP contribution in [0.3, 0.4) is 0 Å². The maximum atomic E-state index is 11.6. The largest absolute Gasteiger partial charge is 0.544 e. The van der Waals surface area contributed by atoms with E-state index in [1.165, 1.54) is 0 Å². The van der Waals surface area contributed by atoms with Crippen molar-refractivity contribution in [2.45, 2.75) is 71.7 Å². The Labute approximate surface area is 148 Å². The summed E-state index contributed by atoms with van der Waals surface area (Å²) in [6.07, 6.45) is 0.389. The second kappa shape index (κ2) is 7.60. The fourth-order valence-electron chi connectivity index (χ4n) is 1.79. The van der Waals surface area contributed by atoms with Crippen LogP contribution in [0, 0.1) is 0 Å². The molecule has 1 rings (SSSR count). The van der Waals surface area contributed by atoms with Gasteiger partial charge in [0.15, 0.2) is 0 Å². The summed E-state index contributed by atoms with van der Waals surface area (Å²) in [4.78, 5) is 11.6. The summed E-state index contributed by atoms with van der Waals surface area (Å²) in [5, 5.41) is 2.96. The molecule has 5 heteroatoms. The molecule has 136 valence electrons. The SMILES string of the molecule is CC(C)(C)OC(=O)NCCc1ccc(O[Si](C)(C)C(C)(C)C)cc1. The first-order valence-electron chi connectivity index (χ1n) is 8.55. The van der Waals surface area contributed by atoms with Gasteiger partial charge in [0, 0.05) is 6.54 Å². The number of carbonyl (C=O) groups excluding carboxylic acids is 1. The molecule has 0 unspecified atom stereocenters. The molecule has 0 aliphatic rings. The number of hydrogen-bond acceptors (Lipinski definition) is 3. The van der Waals surface area contributed by atoms with Crippen LogP contribution in [0.25, 0.3) is 0 Å². The summed E-state index contributed by atoms with van der Waals surface area (Å²) >= 11 is 0. The minimum absolute atomic E-state index is 0.184. The van der Waals surface area contributed by atoms with Crippen molar-refractivity contribution in [1.29, 1.82) is 0 Å². The Bertz CT molecular complexity index is 539. The number of rotatable bonds is 5. The molecule has 0 bridgehead atoms. The van der Waals surface area contributed by atoms with E-state index in [-0.39, 0.29) is 11.1 Å². The van der Waals surface area contributed by atoms with Gasteiger partial charge >= 0.3 is 6.09 Å². The Morgan fingerprint density at radius 1 is 1.04 bits per heavy atom. The molecule has 0 spiro atoms. The number of carbonyl (C=O) groups is 1. The van der Waals surface area contributed by atoms with Crippen molar-refractivity contribution in [2.24, 2.45) is 0 Å². The van der Waals surface area contributed by atoms with E-state index in [4.69, 9.17) is 9.16 Å². The van der Waals surface area contributed by atoms with Gasteiger partial charge in [0.05, 0.1) is 0 Å². The second-order valence-electron chi connectivity index (χ2n) is 8.68. The molecule has 1 N–H and O–H groups in total. The number of amides is 1. The van der Waals surface area contributed by atoms with E-state index in [9.17, 15) is 4.79 Å². The highest BCUT2D eigenvalue weighted by atomic mass is 28.4. The average Bonchev–Trinajstić information content (AvgIpc) is 2.37. The van der Waals surface area contributed by atoms with Crippen molar-refractivity contribution < 1.29 is 14.0 Å². The number of ether oxygens (including phenoxy) is 1.